The van der Waals surface area contributed by atoms with Gasteiger partial charge in [-0.25, -0.2) is 5.73 Å². The molecule has 0 fully saturated rings. The number of hydrogen-bond donors (Lipinski definition) is 2. The first-order valence-corrected chi connectivity index (χ1v) is 3.60. The van der Waals surface area contributed by atoms with Gasteiger partial charge in [-0.15, -0.1) is 0 Å². The molecule has 1 unspecified atom stereocenters. The quantitative estimate of drug-likeness (QED) is 0.377. The molecule has 5 nitrogen and oxygen atoms in total. The molecular formula is C5H6BrN3O2. The Kier molecular flexibility index (Phi) is 1.97. The highest BCUT2D eigenvalue weighted by atomic mass is 79.9. The number of nitro groups is 1. The van der Waals surface area contributed by atoms with Crippen molar-refractivity contribution >= 4 is 15.9 Å². The Hall–Kier alpha value is -0.880. The Bertz CT molecular complexity index is 250. The summed E-state index contributed by atoms with van der Waals surface area (Å²) >= 11 is 3.12. The molecule has 6 heteroatoms. The summed E-state index contributed by atoms with van der Waals surface area (Å²) in [5, 5.41) is 12.7. The molecule has 0 bridgehead atoms. The van der Waals surface area contributed by atoms with Crippen molar-refractivity contribution in [2.24, 2.45) is 5.73 Å². The van der Waals surface area contributed by atoms with Crippen LogP contribution >= 0.6 is 15.9 Å². The topological polar surface area (TPSA) is 81.2 Å². The van der Waals surface area contributed by atoms with E-state index in [1.54, 1.807) is 0 Å². The molecule has 1 aliphatic rings. The average molecular weight is 220 g/mol. The molecule has 11 heavy (non-hydrogen) atoms. The van der Waals surface area contributed by atoms with Gasteiger partial charge in [-0.3, -0.25) is 10.1 Å². The first-order valence-electron chi connectivity index (χ1n) is 2.80. The van der Waals surface area contributed by atoms with Crippen LogP contribution in [0.25, 0.3) is 0 Å². The minimum Gasteiger partial charge on any atom is -0.310 e. The van der Waals surface area contributed by atoms with Gasteiger partial charge in [0.05, 0.1) is 4.92 Å². The second-order valence-corrected chi connectivity index (χ2v) is 3.01. The van der Waals surface area contributed by atoms with Crippen LogP contribution in [0.15, 0.2) is 22.8 Å². The molecule has 0 aromatic rings. The molecule has 0 radical (unpaired) electrons. The number of allylic oxidation sites excluding steroid dienone is 2. The van der Waals surface area contributed by atoms with E-state index < -0.39 is 10.7 Å². The van der Waals surface area contributed by atoms with E-state index in [1.165, 1.54) is 18.4 Å². The number of hydrogen-bond acceptors (Lipinski definition) is 4. The maximum atomic E-state index is 10.3. The van der Waals surface area contributed by atoms with E-state index in [2.05, 4.69) is 21.2 Å². The van der Waals surface area contributed by atoms with Crippen LogP contribution in [0, 0.1) is 10.1 Å². The van der Waals surface area contributed by atoms with Crippen molar-refractivity contribution in [2.75, 3.05) is 0 Å². The fourth-order valence-corrected chi connectivity index (χ4v) is 0.848. The predicted molar refractivity (Wildman–Crippen MR) is 43.2 cm³/mol. The number of nitrogens with one attached hydrogen (secondary N) is 1. The van der Waals surface area contributed by atoms with Gasteiger partial charge in [0, 0.05) is 16.8 Å². The molecule has 0 aliphatic carbocycles. The average Bonchev–Trinajstić information content (AvgIpc) is 1.95. The van der Waals surface area contributed by atoms with Gasteiger partial charge in [0.15, 0.2) is 0 Å². The molecule has 1 rings (SSSR count). The molecule has 60 valence electrons. The first kappa shape index (κ1) is 8.22. The van der Waals surface area contributed by atoms with Crippen LogP contribution in [0.2, 0.25) is 0 Å². The van der Waals surface area contributed by atoms with Crippen molar-refractivity contribution in [2.45, 2.75) is 5.79 Å². The van der Waals surface area contributed by atoms with Gasteiger partial charge in [0.25, 0.3) is 0 Å². The van der Waals surface area contributed by atoms with Gasteiger partial charge in [-0.2, -0.15) is 0 Å². The van der Waals surface area contributed by atoms with E-state index in [4.69, 9.17) is 5.73 Å². The summed E-state index contributed by atoms with van der Waals surface area (Å²) in [6.07, 6.45) is 4.24. The van der Waals surface area contributed by atoms with Crippen LogP contribution in [-0.2, 0) is 0 Å². The Labute approximate surface area is 71.2 Å². The molecule has 1 heterocycles. The Morgan fingerprint density at radius 3 is 2.82 bits per heavy atom. The highest BCUT2D eigenvalue weighted by Gasteiger charge is 2.35. The lowest BCUT2D eigenvalue weighted by atomic mass is 10.3. The molecule has 0 aromatic carbocycles. The van der Waals surface area contributed by atoms with E-state index in [0.29, 0.717) is 0 Å². The zero-order valence-corrected chi connectivity index (χ0v) is 7.04. The summed E-state index contributed by atoms with van der Waals surface area (Å²) in [5.74, 6) is -1.66. The largest absolute Gasteiger partial charge is 0.370 e. The Morgan fingerprint density at radius 2 is 2.45 bits per heavy atom. The lowest BCUT2D eigenvalue weighted by molar-refractivity contribution is -0.560. The highest BCUT2D eigenvalue weighted by Crippen LogP contribution is 2.13. The second-order valence-electron chi connectivity index (χ2n) is 2.09. The van der Waals surface area contributed by atoms with Gasteiger partial charge < -0.3 is 5.32 Å². The van der Waals surface area contributed by atoms with Crippen LogP contribution in [0.3, 0.4) is 0 Å². The van der Waals surface area contributed by atoms with Crippen molar-refractivity contribution in [1.82, 2.24) is 5.32 Å². The summed E-state index contributed by atoms with van der Waals surface area (Å²) < 4.78 is 0.723. The van der Waals surface area contributed by atoms with Crippen LogP contribution in [0.4, 0.5) is 0 Å². The van der Waals surface area contributed by atoms with Crippen molar-refractivity contribution < 1.29 is 4.92 Å². The fourth-order valence-electron chi connectivity index (χ4n) is 0.601. The number of rotatable bonds is 1. The third-order valence-corrected chi connectivity index (χ3v) is 1.73. The summed E-state index contributed by atoms with van der Waals surface area (Å²) in [7, 11) is 0. The van der Waals surface area contributed by atoms with E-state index in [1.807, 2.05) is 0 Å². The molecule has 1 aliphatic heterocycles. The van der Waals surface area contributed by atoms with E-state index in [9.17, 15) is 10.1 Å². The molecule has 1 atom stereocenters. The van der Waals surface area contributed by atoms with Crippen LogP contribution in [0.1, 0.15) is 0 Å². The SMILES string of the molecule is NC1([N+](=O)[O-])C=CC(Br)=CN1. The van der Waals surface area contributed by atoms with E-state index in [0.717, 1.165) is 4.48 Å². The molecule has 0 saturated heterocycles. The highest BCUT2D eigenvalue weighted by molar-refractivity contribution is 9.11. The normalized spacial score (nSPS) is 29.1. The molecular weight excluding hydrogens is 214 g/mol. The summed E-state index contributed by atoms with van der Waals surface area (Å²) in [4.78, 5) is 9.71. The van der Waals surface area contributed by atoms with Crippen molar-refractivity contribution in [1.29, 1.82) is 0 Å². The standard InChI is InChI=1S/C5H6BrN3O2/c6-4-1-2-5(7,8-3-4)9(10)11/h1-3,8H,7H2. The van der Waals surface area contributed by atoms with Crippen LogP contribution in [0.5, 0.6) is 0 Å². The molecule has 0 aromatic heterocycles. The minimum absolute atomic E-state index is 0.598. The first-order chi connectivity index (χ1) is 5.04. The molecule has 0 spiro atoms. The predicted octanol–water partition coefficient (Wildman–Crippen LogP) is 0.271. The van der Waals surface area contributed by atoms with Crippen molar-refractivity contribution in [3.05, 3.63) is 32.9 Å². The Morgan fingerprint density at radius 1 is 1.82 bits per heavy atom. The summed E-state index contributed by atoms with van der Waals surface area (Å²) in [5.41, 5.74) is 5.30. The van der Waals surface area contributed by atoms with E-state index in [-0.39, 0.29) is 0 Å². The maximum absolute atomic E-state index is 10.3. The van der Waals surface area contributed by atoms with Gasteiger partial charge in [-0.1, -0.05) is 0 Å². The van der Waals surface area contributed by atoms with Crippen LogP contribution < -0.4 is 11.1 Å². The fraction of sp³-hybridized carbons (Fsp3) is 0.200. The monoisotopic (exact) mass is 219 g/mol. The lowest BCUT2D eigenvalue weighted by Crippen LogP contribution is -2.56. The summed E-state index contributed by atoms with van der Waals surface area (Å²) in [6, 6.07) is 0. The molecule has 0 amide bonds. The van der Waals surface area contributed by atoms with Gasteiger partial charge in [0.2, 0.25) is 0 Å². The number of nitrogens with zero attached hydrogens (tertiary/aromatic N) is 1. The number of halogens is 1. The Balaban J connectivity index is 2.82. The third kappa shape index (κ3) is 1.58. The molecule has 3 N–H and O–H groups in total. The van der Waals surface area contributed by atoms with Gasteiger partial charge >= 0.3 is 5.79 Å². The van der Waals surface area contributed by atoms with Crippen molar-refractivity contribution in [3.63, 3.8) is 0 Å². The second kappa shape index (κ2) is 2.63. The van der Waals surface area contributed by atoms with Crippen LogP contribution in [-0.4, -0.2) is 10.7 Å². The zero-order chi connectivity index (χ0) is 8.48. The minimum atomic E-state index is -1.66. The number of nitrogens with two attached hydrogens (primary N) is 1. The van der Waals surface area contributed by atoms with E-state index >= 15 is 0 Å². The zero-order valence-electron chi connectivity index (χ0n) is 5.45. The number of dihydropyridines is 1. The third-order valence-electron chi connectivity index (χ3n) is 1.24. The van der Waals surface area contributed by atoms with Gasteiger partial charge in [0.1, 0.15) is 0 Å². The maximum Gasteiger partial charge on any atom is 0.370 e. The smallest absolute Gasteiger partial charge is 0.310 e. The summed E-state index contributed by atoms with van der Waals surface area (Å²) in [6.45, 7) is 0. The lowest BCUT2D eigenvalue weighted by Gasteiger charge is -2.19. The molecule has 0 saturated carbocycles. The van der Waals surface area contributed by atoms with Gasteiger partial charge in [-0.05, 0) is 22.0 Å². The van der Waals surface area contributed by atoms with Crippen molar-refractivity contribution in [3.8, 4) is 0 Å².